The molecule has 1 aliphatic heterocycles. The Labute approximate surface area is 154 Å². The number of amides is 3. The van der Waals surface area contributed by atoms with Crippen LogP contribution < -0.4 is 5.32 Å². The average Bonchev–Trinajstić information content (AvgIpc) is 3.20. The van der Waals surface area contributed by atoms with E-state index >= 15 is 0 Å². The second kappa shape index (κ2) is 7.29. The van der Waals surface area contributed by atoms with Crippen molar-refractivity contribution >= 4 is 45.2 Å². The number of aromatic nitrogens is 1. The van der Waals surface area contributed by atoms with Crippen LogP contribution in [0.2, 0.25) is 0 Å². The maximum atomic E-state index is 12.1. The van der Waals surface area contributed by atoms with Crippen molar-refractivity contribution in [3.8, 4) is 0 Å². The quantitative estimate of drug-likeness (QED) is 0.330. The van der Waals surface area contributed by atoms with E-state index in [9.17, 15) is 29.3 Å². The largest absolute Gasteiger partial charge is 0.454 e. The maximum absolute atomic E-state index is 12.1. The Bertz CT molecular complexity index is 936. The summed E-state index contributed by atoms with van der Waals surface area (Å²) in [5.41, 5.74) is 0.386. The first-order valence-electron chi connectivity index (χ1n) is 7.37. The van der Waals surface area contributed by atoms with Crippen molar-refractivity contribution in [1.29, 1.82) is 0 Å². The molecule has 0 fully saturated rings. The van der Waals surface area contributed by atoms with Crippen LogP contribution in [0.3, 0.4) is 0 Å². The summed E-state index contributed by atoms with van der Waals surface area (Å²) in [5.74, 6) is -2.96. The summed E-state index contributed by atoms with van der Waals surface area (Å²) >= 11 is 0.643. The number of carbonyl (C=O) groups excluding carboxylic acids is 4. The van der Waals surface area contributed by atoms with Crippen LogP contribution in [0, 0.1) is 10.1 Å². The first-order chi connectivity index (χ1) is 12.9. The summed E-state index contributed by atoms with van der Waals surface area (Å²) in [6.45, 7) is -1.34. The van der Waals surface area contributed by atoms with Crippen LogP contribution in [0.4, 0.5) is 10.1 Å². The standard InChI is InChI=1S/C15H10N4O7S/c20-10(17-15-16-5-11(27-15)19(24)25)7-26-12(21)6-18-13(22)8-3-1-2-4-9(8)14(18)23/h1-5H,6-7H2,(H,16,17,20). The fraction of sp³-hybridized carbons (Fsp3) is 0.133. The average molecular weight is 390 g/mol. The van der Waals surface area contributed by atoms with Crippen molar-refractivity contribution in [2.75, 3.05) is 18.5 Å². The number of benzene rings is 1. The highest BCUT2D eigenvalue weighted by Gasteiger charge is 2.36. The van der Waals surface area contributed by atoms with Crippen LogP contribution in [-0.4, -0.2) is 51.6 Å². The van der Waals surface area contributed by atoms with E-state index in [1.165, 1.54) is 12.1 Å². The minimum Gasteiger partial charge on any atom is -0.454 e. The van der Waals surface area contributed by atoms with E-state index in [0.717, 1.165) is 11.1 Å². The monoisotopic (exact) mass is 390 g/mol. The smallest absolute Gasteiger partial charge is 0.345 e. The van der Waals surface area contributed by atoms with E-state index in [1.54, 1.807) is 12.1 Å². The molecular formula is C15H10N4O7S. The van der Waals surface area contributed by atoms with E-state index < -0.39 is 41.8 Å². The summed E-state index contributed by atoms with van der Waals surface area (Å²) in [5, 5.41) is 12.5. The Morgan fingerprint density at radius 2 is 1.85 bits per heavy atom. The van der Waals surface area contributed by atoms with E-state index in [0.29, 0.717) is 11.3 Å². The SMILES string of the molecule is O=C(COC(=O)CN1C(=O)c2ccccc2C1=O)Nc1ncc([N+](=O)[O-])s1. The molecule has 12 heteroatoms. The van der Waals surface area contributed by atoms with Crippen molar-refractivity contribution in [3.63, 3.8) is 0 Å². The minimum atomic E-state index is -0.954. The molecule has 2 aromatic rings. The third-order valence-electron chi connectivity index (χ3n) is 3.45. The Morgan fingerprint density at radius 3 is 2.41 bits per heavy atom. The number of hydrogen-bond acceptors (Lipinski definition) is 9. The number of thiazole rings is 1. The van der Waals surface area contributed by atoms with Crippen molar-refractivity contribution < 1.29 is 28.8 Å². The van der Waals surface area contributed by atoms with E-state index in [-0.39, 0.29) is 21.3 Å². The molecule has 0 spiro atoms. The summed E-state index contributed by atoms with van der Waals surface area (Å²) < 4.78 is 4.73. The Balaban J connectivity index is 1.51. The summed E-state index contributed by atoms with van der Waals surface area (Å²) in [4.78, 5) is 62.1. The van der Waals surface area contributed by atoms with E-state index in [4.69, 9.17) is 4.74 Å². The molecule has 138 valence electrons. The van der Waals surface area contributed by atoms with Crippen molar-refractivity contribution in [2.45, 2.75) is 0 Å². The van der Waals surface area contributed by atoms with Crippen molar-refractivity contribution in [2.24, 2.45) is 0 Å². The van der Waals surface area contributed by atoms with Gasteiger partial charge in [-0.1, -0.05) is 12.1 Å². The number of imide groups is 1. The number of hydrogen-bond donors (Lipinski definition) is 1. The Kier molecular flexibility index (Phi) is 4.90. The molecule has 2 heterocycles. The number of fused-ring (bicyclic) bond motifs is 1. The van der Waals surface area contributed by atoms with Crippen LogP contribution in [0.1, 0.15) is 20.7 Å². The lowest BCUT2D eigenvalue weighted by molar-refractivity contribution is -0.380. The molecule has 0 unspecified atom stereocenters. The molecule has 1 N–H and O–H groups in total. The van der Waals surface area contributed by atoms with Gasteiger partial charge >= 0.3 is 11.0 Å². The molecule has 27 heavy (non-hydrogen) atoms. The first kappa shape index (κ1) is 18.1. The highest BCUT2D eigenvalue weighted by atomic mass is 32.1. The number of carbonyl (C=O) groups is 4. The minimum absolute atomic E-state index is 0.0249. The molecule has 1 aliphatic rings. The molecule has 1 aromatic heterocycles. The zero-order valence-corrected chi connectivity index (χ0v) is 14.2. The number of anilines is 1. The van der Waals surface area contributed by atoms with Gasteiger partial charge in [0.05, 0.1) is 16.1 Å². The number of nitrogens with zero attached hydrogens (tertiary/aromatic N) is 3. The van der Waals surface area contributed by atoms with Crippen molar-refractivity contribution in [1.82, 2.24) is 9.88 Å². The van der Waals surface area contributed by atoms with Crippen molar-refractivity contribution in [3.05, 3.63) is 51.7 Å². The summed E-state index contributed by atoms with van der Waals surface area (Å²) in [6, 6.07) is 6.14. The third-order valence-corrected chi connectivity index (χ3v) is 4.31. The highest BCUT2D eigenvalue weighted by Crippen LogP contribution is 2.25. The predicted molar refractivity (Wildman–Crippen MR) is 90.2 cm³/mol. The molecule has 0 bridgehead atoms. The van der Waals surface area contributed by atoms with Gasteiger partial charge in [0.25, 0.3) is 17.7 Å². The van der Waals surface area contributed by atoms with Crippen LogP contribution >= 0.6 is 11.3 Å². The zero-order chi connectivity index (χ0) is 19.6. The maximum Gasteiger partial charge on any atom is 0.345 e. The summed E-state index contributed by atoms with van der Waals surface area (Å²) in [6.07, 6.45) is 0.981. The highest BCUT2D eigenvalue weighted by molar-refractivity contribution is 7.18. The zero-order valence-electron chi connectivity index (χ0n) is 13.4. The Hall–Kier alpha value is -3.67. The van der Waals surface area contributed by atoms with E-state index in [2.05, 4.69) is 10.3 Å². The van der Waals surface area contributed by atoms with E-state index in [1.807, 2.05) is 0 Å². The molecule has 0 saturated carbocycles. The van der Waals surface area contributed by atoms with Gasteiger partial charge in [-0.25, -0.2) is 4.98 Å². The number of esters is 1. The predicted octanol–water partition coefficient (Wildman–Crippen LogP) is 0.829. The third kappa shape index (κ3) is 3.79. The van der Waals surface area contributed by atoms with Crippen LogP contribution in [0.25, 0.3) is 0 Å². The van der Waals surface area contributed by atoms with Gasteiger partial charge in [0.15, 0.2) is 11.7 Å². The molecule has 3 rings (SSSR count). The lowest BCUT2D eigenvalue weighted by Crippen LogP contribution is -2.36. The number of ether oxygens (including phenoxy) is 1. The molecule has 0 saturated heterocycles. The topological polar surface area (TPSA) is 149 Å². The fourth-order valence-electron chi connectivity index (χ4n) is 2.27. The van der Waals surface area contributed by atoms with Gasteiger partial charge in [0, 0.05) is 0 Å². The fourth-order valence-corrected chi connectivity index (χ4v) is 2.91. The molecular weight excluding hydrogens is 380 g/mol. The molecule has 0 radical (unpaired) electrons. The lowest BCUT2D eigenvalue weighted by atomic mass is 10.1. The van der Waals surface area contributed by atoms with Gasteiger partial charge in [-0.2, -0.15) is 0 Å². The molecule has 0 aliphatic carbocycles. The molecule has 1 aromatic carbocycles. The van der Waals surface area contributed by atoms with Gasteiger partial charge in [-0.05, 0) is 23.5 Å². The molecule has 0 atom stereocenters. The van der Waals surface area contributed by atoms with Gasteiger partial charge in [0.1, 0.15) is 12.7 Å². The van der Waals surface area contributed by atoms with Gasteiger partial charge in [-0.3, -0.25) is 39.5 Å². The van der Waals surface area contributed by atoms with Gasteiger partial charge in [0.2, 0.25) is 0 Å². The van der Waals surface area contributed by atoms with Crippen LogP contribution in [-0.2, 0) is 14.3 Å². The second-order valence-corrected chi connectivity index (χ2v) is 6.22. The van der Waals surface area contributed by atoms with Gasteiger partial charge in [-0.15, -0.1) is 0 Å². The second-order valence-electron chi connectivity index (χ2n) is 5.21. The number of nitrogens with one attached hydrogen (secondary N) is 1. The summed E-state index contributed by atoms with van der Waals surface area (Å²) in [7, 11) is 0. The van der Waals surface area contributed by atoms with Gasteiger partial charge < -0.3 is 4.74 Å². The first-order valence-corrected chi connectivity index (χ1v) is 8.19. The normalized spacial score (nSPS) is 12.7. The number of nitro groups is 1. The molecule has 3 amide bonds. The lowest BCUT2D eigenvalue weighted by Gasteiger charge is -2.12. The van der Waals surface area contributed by atoms with Crippen LogP contribution in [0.5, 0.6) is 0 Å². The Morgan fingerprint density at radius 1 is 1.22 bits per heavy atom. The molecule has 11 nitrogen and oxygen atoms in total. The number of rotatable bonds is 6. The van der Waals surface area contributed by atoms with Crippen LogP contribution in [0.15, 0.2) is 30.5 Å².